The summed E-state index contributed by atoms with van der Waals surface area (Å²) in [5, 5.41) is 0. The first kappa shape index (κ1) is 28.2. The van der Waals surface area contributed by atoms with Crippen molar-refractivity contribution in [1.29, 1.82) is 0 Å². The third kappa shape index (κ3) is 18.5. The van der Waals surface area contributed by atoms with Crippen molar-refractivity contribution in [2.75, 3.05) is 13.1 Å². The number of rotatable bonds is 23. The molecule has 0 unspecified atom stereocenters. The van der Waals surface area contributed by atoms with Crippen molar-refractivity contribution in [3.05, 3.63) is 35.9 Å². The SMILES string of the molecule is CCCCCCCCCCCCCCCCCCCCCN(CC)Cc1ccccc1. The van der Waals surface area contributed by atoms with Gasteiger partial charge in [-0.3, -0.25) is 4.90 Å². The van der Waals surface area contributed by atoms with Gasteiger partial charge in [-0.2, -0.15) is 0 Å². The van der Waals surface area contributed by atoms with Gasteiger partial charge in [-0.05, 0) is 25.1 Å². The Morgan fingerprint density at radius 3 is 1.26 bits per heavy atom. The summed E-state index contributed by atoms with van der Waals surface area (Å²) in [7, 11) is 0. The average molecular weight is 430 g/mol. The predicted octanol–water partition coefficient (Wildman–Crippen LogP) is 9.94. The van der Waals surface area contributed by atoms with E-state index in [1.807, 2.05) is 0 Å². The van der Waals surface area contributed by atoms with Crippen LogP contribution in [0.4, 0.5) is 0 Å². The molecule has 0 heterocycles. The van der Waals surface area contributed by atoms with Crippen LogP contribution in [0.1, 0.15) is 141 Å². The number of hydrogen-bond donors (Lipinski definition) is 0. The molecule has 0 saturated heterocycles. The van der Waals surface area contributed by atoms with Crippen LogP contribution in [0.5, 0.6) is 0 Å². The molecule has 31 heavy (non-hydrogen) atoms. The topological polar surface area (TPSA) is 3.24 Å². The van der Waals surface area contributed by atoms with E-state index in [4.69, 9.17) is 0 Å². The molecule has 0 spiro atoms. The molecular weight excluding hydrogens is 374 g/mol. The van der Waals surface area contributed by atoms with Gasteiger partial charge in [0, 0.05) is 6.54 Å². The number of hydrogen-bond acceptors (Lipinski definition) is 1. The highest BCUT2D eigenvalue weighted by molar-refractivity contribution is 5.14. The first-order chi connectivity index (χ1) is 15.4. The summed E-state index contributed by atoms with van der Waals surface area (Å²) < 4.78 is 0. The van der Waals surface area contributed by atoms with Gasteiger partial charge >= 0.3 is 0 Å². The molecule has 0 atom stereocenters. The van der Waals surface area contributed by atoms with E-state index in [-0.39, 0.29) is 0 Å². The van der Waals surface area contributed by atoms with E-state index in [9.17, 15) is 0 Å². The summed E-state index contributed by atoms with van der Waals surface area (Å²) in [4.78, 5) is 2.59. The largest absolute Gasteiger partial charge is 0.299 e. The molecule has 180 valence electrons. The van der Waals surface area contributed by atoms with E-state index in [0.717, 1.165) is 13.1 Å². The Balaban J connectivity index is 1.76. The van der Waals surface area contributed by atoms with Crippen LogP contribution in [0.3, 0.4) is 0 Å². The van der Waals surface area contributed by atoms with Crippen molar-refractivity contribution in [3.63, 3.8) is 0 Å². The molecule has 0 radical (unpaired) electrons. The van der Waals surface area contributed by atoms with Crippen molar-refractivity contribution < 1.29 is 0 Å². The molecule has 1 nitrogen and oxygen atoms in total. The lowest BCUT2D eigenvalue weighted by molar-refractivity contribution is 0.272. The van der Waals surface area contributed by atoms with Crippen LogP contribution in [0.25, 0.3) is 0 Å². The van der Waals surface area contributed by atoms with E-state index in [1.165, 1.54) is 134 Å². The fourth-order valence-corrected chi connectivity index (χ4v) is 4.60. The molecule has 0 amide bonds. The Hall–Kier alpha value is -0.820. The Morgan fingerprint density at radius 2 is 0.871 bits per heavy atom. The van der Waals surface area contributed by atoms with Crippen LogP contribution in [0.2, 0.25) is 0 Å². The van der Waals surface area contributed by atoms with Gasteiger partial charge in [-0.1, -0.05) is 160 Å². The predicted molar refractivity (Wildman–Crippen MR) is 141 cm³/mol. The van der Waals surface area contributed by atoms with Gasteiger partial charge < -0.3 is 0 Å². The summed E-state index contributed by atoms with van der Waals surface area (Å²) in [6.07, 6.45) is 27.6. The molecule has 1 aromatic rings. The Morgan fingerprint density at radius 1 is 0.484 bits per heavy atom. The van der Waals surface area contributed by atoms with Gasteiger partial charge in [0.2, 0.25) is 0 Å². The Kier molecular flexibility index (Phi) is 20.4. The van der Waals surface area contributed by atoms with Crippen LogP contribution < -0.4 is 0 Å². The van der Waals surface area contributed by atoms with Crippen LogP contribution in [-0.2, 0) is 6.54 Å². The van der Waals surface area contributed by atoms with Crippen molar-refractivity contribution >= 4 is 0 Å². The third-order valence-corrected chi connectivity index (χ3v) is 6.77. The van der Waals surface area contributed by atoms with E-state index in [1.54, 1.807) is 0 Å². The Labute approximate surface area is 196 Å². The lowest BCUT2D eigenvalue weighted by Crippen LogP contribution is -2.23. The maximum Gasteiger partial charge on any atom is 0.0233 e. The molecule has 0 aliphatic rings. The van der Waals surface area contributed by atoms with Crippen LogP contribution in [0.15, 0.2) is 30.3 Å². The fourth-order valence-electron chi connectivity index (χ4n) is 4.60. The Bertz CT molecular complexity index is 455. The lowest BCUT2D eigenvalue weighted by atomic mass is 10.0. The molecule has 1 aromatic carbocycles. The molecule has 0 aliphatic heterocycles. The minimum atomic E-state index is 1.11. The third-order valence-electron chi connectivity index (χ3n) is 6.77. The first-order valence-electron chi connectivity index (χ1n) is 14.1. The zero-order valence-corrected chi connectivity index (χ0v) is 21.4. The highest BCUT2D eigenvalue weighted by Crippen LogP contribution is 2.15. The molecule has 0 aliphatic carbocycles. The van der Waals surface area contributed by atoms with E-state index >= 15 is 0 Å². The van der Waals surface area contributed by atoms with Crippen LogP contribution >= 0.6 is 0 Å². The van der Waals surface area contributed by atoms with Crippen LogP contribution in [-0.4, -0.2) is 18.0 Å². The molecule has 0 saturated carbocycles. The molecule has 0 aromatic heterocycles. The quantitative estimate of drug-likeness (QED) is 0.156. The monoisotopic (exact) mass is 429 g/mol. The van der Waals surface area contributed by atoms with Gasteiger partial charge in [0.1, 0.15) is 0 Å². The van der Waals surface area contributed by atoms with Crippen molar-refractivity contribution in [3.8, 4) is 0 Å². The zero-order chi connectivity index (χ0) is 22.2. The summed E-state index contributed by atoms with van der Waals surface area (Å²) in [5.41, 5.74) is 1.45. The second-order valence-electron chi connectivity index (χ2n) is 9.72. The second-order valence-corrected chi connectivity index (χ2v) is 9.72. The van der Waals surface area contributed by atoms with Crippen molar-refractivity contribution in [2.24, 2.45) is 0 Å². The maximum absolute atomic E-state index is 2.59. The normalized spacial score (nSPS) is 11.5. The molecule has 1 rings (SSSR count). The van der Waals surface area contributed by atoms with Crippen LogP contribution in [0, 0.1) is 0 Å². The number of nitrogens with zero attached hydrogens (tertiary/aromatic N) is 1. The summed E-state index contributed by atoms with van der Waals surface area (Å²) >= 11 is 0. The molecule has 0 N–H and O–H groups in total. The maximum atomic E-state index is 2.59. The molecular formula is C30H55N. The minimum absolute atomic E-state index is 1.11. The van der Waals surface area contributed by atoms with Crippen molar-refractivity contribution in [2.45, 2.75) is 142 Å². The second kappa shape index (κ2) is 22.4. The first-order valence-corrected chi connectivity index (χ1v) is 14.1. The average Bonchev–Trinajstić information content (AvgIpc) is 2.80. The zero-order valence-electron chi connectivity index (χ0n) is 21.4. The molecule has 1 heteroatoms. The van der Waals surface area contributed by atoms with Gasteiger partial charge in [0.05, 0.1) is 0 Å². The summed E-state index contributed by atoms with van der Waals surface area (Å²) in [6.45, 7) is 8.11. The number of unbranched alkanes of at least 4 members (excludes halogenated alkanes) is 18. The fraction of sp³-hybridized carbons (Fsp3) is 0.800. The summed E-state index contributed by atoms with van der Waals surface area (Å²) in [5.74, 6) is 0. The highest BCUT2D eigenvalue weighted by atomic mass is 15.1. The molecule has 0 bridgehead atoms. The van der Waals surface area contributed by atoms with E-state index in [0.29, 0.717) is 0 Å². The summed E-state index contributed by atoms with van der Waals surface area (Å²) in [6, 6.07) is 10.9. The van der Waals surface area contributed by atoms with E-state index < -0.39 is 0 Å². The number of benzene rings is 1. The smallest absolute Gasteiger partial charge is 0.0233 e. The minimum Gasteiger partial charge on any atom is -0.299 e. The lowest BCUT2D eigenvalue weighted by Gasteiger charge is -2.20. The standard InChI is InChI=1S/C30H55N/c1-3-5-6-7-8-9-10-11-12-13-14-15-16-17-18-19-20-21-25-28-31(4-2)29-30-26-23-22-24-27-30/h22-24,26-27H,3-21,25,28-29H2,1-2H3. The van der Waals surface area contributed by atoms with Crippen molar-refractivity contribution in [1.82, 2.24) is 4.90 Å². The van der Waals surface area contributed by atoms with Gasteiger partial charge in [-0.25, -0.2) is 0 Å². The van der Waals surface area contributed by atoms with Gasteiger partial charge in [0.15, 0.2) is 0 Å². The van der Waals surface area contributed by atoms with Gasteiger partial charge in [0.25, 0.3) is 0 Å². The van der Waals surface area contributed by atoms with E-state index in [2.05, 4.69) is 49.1 Å². The highest BCUT2D eigenvalue weighted by Gasteiger charge is 2.03. The van der Waals surface area contributed by atoms with Gasteiger partial charge in [-0.15, -0.1) is 0 Å². The molecule has 0 fully saturated rings.